The summed E-state index contributed by atoms with van der Waals surface area (Å²) in [5, 5.41) is 9.62. The standard InChI is InChI=1S/C42H40N2O5/c1-28-38(26-43(2)24-29-10-4-3-5-11-29)48-42(49-39(28)32-20-18-30(27-45)19-21-32)35-15-9-14-34(23-35)33-13-8-12-31(22-33)25-44-40(46)36-16-6-7-17-37(36)41(44)47/h3-23,28,38-39,42,45H,24-27H2,1-2H3/t28-,38+,39+,42+/m1/s1. The largest absolute Gasteiger partial charge is 0.392 e. The molecule has 5 aromatic carbocycles. The van der Waals surface area contributed by atoms with Gasteiger partial charge in [0.1, 0.15) is 0 Å². The molecule has 0 radical (unpaired) electrons. The summed E-state index contributed by atoms with van der Waals surface area (Å²) in [7, 11) is 2.12. The summed E-state index contributed by atoms with van der Waals surface area (Å²) in [6, 6.07) is 41.5. The maximum atomic E-state index is 13.0. The Bertz CT molecular complexity index is 1910. The number of fused-ring (bicyclic) bond motifs is 1. The van der Waals surface area contributed by atoms with Gasteiger partial charge in [-0.15, -0.1) is 0 Å². The Morgan fingerprint density at radius 2 is 1.31 bits per heavy atom. The summed E-state index contributed by atoms with van der Waals surface area (Å²) in [5.74, 6) is -0.465. The fourth-order valence-corrected chi connectivity index (χ4v) is 6.87. The van der Waals surface area contributed by atoms with Crippen LogP contribution in [0.25, 0.3) is 11.1 Å². The summed E-state index contributed by atoms with van der Waals surface area (Å²) >= 11 is 0. The van der Waals surface area contributed by atoms with E-state index in [0.29, 0.717) is 11.1 Å². The molecule has 0 aliphatic carbocycles. The number of benzene rings is 5. The zero-order valence-electron chi connectivity index (χ0n) is 27.7. The fourth-order valence-electron chi connectivity index (χ4n) is 6.87. The number of imide groups is 1. The van der Waals surface area contributed by atoms with Gasteiger partial charge in [-0.3, -0.25) is 19.4 Å². The number of amides is 2. The third kappa shape index (κ3) is 6.98. The Hall–Kier alpha value is -4.92. The molecule has 4 atom stereocenters. The van der Waals surface area contributed by atoms with Gasteiger partial charge in [-0.05, 0) is 64.7 Å². The quantitative estimate of drug-likeness (QED) is 0.157. The van der Waals surface area contributed by atoms with E-state index in [1.807, 2.05) is 72.8 Å². The van der Waals surface area contributed by atoms with E-state index in [0.717, 1.165) is 46.5 Å². The third-order valence-electron chi connectivity index (χ3n) is 9.55. The van der Waals surface area contributed by atoms with Crippen molar-refractivity contribution in [1.82, 2.24) is 9.80 Å². The van der Waals surface area contributed by atoms with Crippen LogP contribution in [0.15, 0.2) is 127 Å². The molecule has 1 N–H and O–H groups in total. The number of hydrogen-bond donors (Lipinski definition) is 1. The number of aliphatic hydroxyl groups excluding tert-OH is 1. The lowest BCUT2D eigenvalue weighted by atomic mass is 9.90. The summed E-state index contributed by atoms with van der Waals surface area (Å²) in [4.78, 5) is 29.6. The minimum Gasteiger partial charge on any atom is -0.392 e. The van der Waals surface area contributed by atoms with E-state index in [4.69, 9.17) is 9.47 Å². The number of rotatable bonds is 10. The fraction of sp³-hybridized carbons (Fsp3) is 0.238. The lowest BCUT2D eigenvalue weighted by molar-refractivity contribution is -0.276. The molecule has 2 heterocycles. The summed E-state index contributed by atoms with van der Waals surface area (Å²) in [5.41, 5.74) is 7.77. The monoisotopic (exact) mass is 652 g/mol. The molecule has 0 spiro atoms. The van der Waals surface area contributed by atoms with Crippen molar-refractivity contribution in [2.75, 3.05) is 13.6 Å². The minimum atomic E-state index is -0.602. The number of hydrogen-bond acceptors (Lipinski definition) is 6. The highest BCUT2D eigenvalue weighted by Crippen LogP contribution is 2.42. The van der Waals surface area contributed by atoms with E-state index >= 15 is 0 Å². The van der Waals surface area contributed by atoms with Crippen molar-refractivity contribution in [2.45, 2.75) is 45.1 Å². The molecule has 2 amide bonds. The maximum Gasteiger partial charge on any atom is 0.261 e. The summed E-state index contributed by atoms with van der Waals surface area (Å²) in [6.45, 7) is 3.90. The van der Waals surface area contributed by atoms with E-state index in [1.165, 1.54) is 10.5 Å². The normalized spacial score (nSPS) is 20.5. The first-order chi connectivity index (χ1) is 23.9. The van der Waals surface area contributed by atoms with Crippen LogP contribution in [0.1, 0.15) is 67.9 Å². The molecule has 7 heteroatoms. The molecule has 1 saturated heterocycles. The zero-order valence-corrected chi connectivity index (χ0v) is 27.7. The van der Waals surface area contributed by atoms with E-state index < -0.39 is 6.29 Å². The van der Waals surface area contributed by atoms with E-state index in [2.05, 4.69) is 49.2 Å². The minimum absolute atomic E-state index is 0.00765. The highest BCUT2D eigenvalue weighted by Gasteiger charge is 2.39. The smallest absolute Gasteiger partial charge is 0.261 e. The van der Waals surface area contributed by atoms with Crippen LogP contribution in [0, 0.1) is 5.92 Å². The SMILES string of the molecule is C[C@@H]1[C@H](CN(C)Cc2ccccc2)O[C@H](c2cccc(-c3cccc(CN4C(=O)c5ccccc5C4=O)c3)c2)O[C@@H]1c1ccc(CO)cc1. The van der Waals surface area contributed by atoms with Crippen LogP contribution >= 0.6 is 0 Å². The van der Waals surface area contributed by atoms with Crippen molar-refractivity contribution >= 4 is 11.8 Å². The molecular formula is C42H40N2O5. The lowest BCUT2D eigenvalue weighted by Crippen LogP contribution is -2.43. The number of ether oxygens (including phenoxy) is 2. The van der Waals surface area contributed by atoms with Gasteiger partial charge >= 0.3 is 0 Å². The van der Waals surface area contributed by atoms with E-state index in [9.17, 15) is 14.7 Å². The van der Waals surface area contributed by atoms with Crippen LogP contribution in [0.3, 0.4) is 0 Å². The van der Waals surface area contributed by atoms with Crippen molar-refractivity contribution in [3.63, 3.8) is 0 Å². The van der Waals surface area contributed by atoms with Gasteiger partial charge in [0, 0.05) is 24.6 Å². The van der Waals surface area contributed by atoms with Gasteiger partial charge in [-0.2, -0.15) is 0 Å². The van der Waals surface area contributed by atoms with Gasteiger partial charge in [0.05, 0.1) is 36.5 Å². The highest BCUT2D eigenvalue weighted by molar-refractivity contribution is 6.21. The molecule has 1 fully saturated rings. The van der Waals surface area contributed by atoms with E-state index in [-0.39, 0.29) is 43.1 Å². The van der Waals surface area contributed by atoms with Crippen molar-refractivity contribution in [1.29, 1.82) is 0 Å². The second kappa shape index (κ2) is 14.3. The van der Waals surface area contributed by atoms with Gasteiger partial charge < -0.3 is 14.6 Å². The molecular weight excluding hydrogens is 612 g/mol. The molecule has 2 aliphatic heterocycles. The van der Waals surface area contributed by atoms with Crippen molar-refractivity contribution in [3.05, 3.63) is 166 Å². The van der Waals surface area contributed by atoms with Crippen LogP contribution in [0.4, 0.5) is 0 Å². The topological polar surface area (TPSA) is 79.3 Å². The molecule has 0 bridgehead atoms. The van der Waals surface area contributed by atoms with Gasteiger partial charge in [-0.1, -0.05) is 110 Å². The first-order valence-electron chi connectivity index (χ1n) is 16.8. The lowest BCUT2D eigenvalue weighted by Gasteiger charge is -2.42. The Morgan fingerprint density at radius 3 is 2.00 bits per heavy atom. The average molecular weight is 653 g/mol. The van der Waals surface area contributed by atoms with Crippen molar-refractivity contribution < 1.29 is 24.2 Å². The first kappa shape index (κ1) is 32.6. The van der Waals surface area contributed by atoms with Crippen molar-refractivity contribution in [2.24, 2.45) is 5.92 Å². The van der Waals surface area contributed by atoms with Gasteiger partial charge in [-0.25, -0.2) is 0 Å². The molecule has 7 rings (SSSR count). The third-order valence-corrected chi connectivity index (χ3v) is 9.55. The number of likely N-dealkylation sites (N-methyl/N-ethyl adjacent to an activating group) is 1. The second-order valence-corrected chi connectivity index (χ2v) is 13.1. The average Bonchev–Trinajstić information content (AvgIpc) is 3.37. The van der Waals surface area contributed by atoms with Crippen LogP contribution in [-0.4, -0.2) is 46.4 Å². The predicted octanol–water partition coefficient (Wildman–Crippen LogP) is 7.57. The van der Waals surface area contributed by atoms with Crippen LogP contribution in [0.2, 0.25) is 0 Å². The number of carbonyl (C=O) groups is 2. The van der Waals surface area contributed by atoms with Gasteiger partial charge in [0.25, 0.3) is 11.8 Å². The molecule has 5 aromatic rings. The summed E-state index contributed by atoms with van der Waals surface area (Å²) < 4.78 is 13.5. The molecule has 0 unspecified atom stereocenters. The molecule has 7 nitrogen and oxygen atoms in total. The Morgan fingerprint density at radius 1 is 0.673 bits per heavy atom. The zero-order chi connectivity index (χ0) is 33.9. The Labute approximate surface area is 287 Å². The van der Waals surface area contributed by atoms with Crippen LogP contribution < -0.4 is 0 Å². The molecule has 0 saturated carbocycles. The number of carbonyl (C=O) groups excluding carboxylic acids is 2. The van der Waals surface area contributed by atoms with Crippen LogP contribution in [0.5, 0.6) is 0 Å². The first-order valence-corrected chi connectivity index (χ1v) is 16.8. The second-order valence-electron chi connectivity index (χ2n) is 13.1. The van der Waals surface area contributed by atoms with Crippen LogP contribution in [-0.2, 0) is 29.2 Å². The van der Waals surface area contributed by atoms with Gasteiger partial charge in [0.2, 0.25) is 0 Å². The molecule has 49 heavy (non-hydrogen) atoms. The molecule has 0 aromatic heterocycles. The van der Waals surface area contributed by atoms with Gasteiger partial charge in [0.15, 0.2) is 6.29 Å². The van der Waals surface area contributed by atoms with Crippen molar-refractivity contribution in [3.8, 4) is 11.1 Å². The number of nitrogens with zero attached hydrogens (tertiary/aromatic N) is 2. The molecule has 248 valence electrons. The van der Waals surface area contributed by atoms with E-state index in [1.54, 1.807) is 24.3 Å². The Kier molecular flexibility index (Phi) is 9.51. The Balaban J connectivity index is 1.13. The highest BCUT2D eigenvalue weighted by atomic mass is 16.7. The number of aliphatic hydroxyl groups is 1. The maximum absolute atomic E-state index is 13.0. The predicted molar refractivity (Wildman–Crippen MR) is 188 cm³/mol. The molecule has 2 aliphatic rings. The summed E-state index contributed by atoms with van der Waals surface area (Å²) in [6.07, 6.45) is -0.926.